The predicted octanol–water partition coefficient (Wildman–Crippen LogP) is 7.01. The fraction of sp³-hybridized carbons (Fsp3) is 0.600. The number of likely N-dealkylation sites (tertiary alicyclic amines) is 1. The van der Waals surface area contributed by atoms with Gasteiger partial charge >= 0.3 is 6.09 Å². The SMILES string of the molecule is COc1ccc(C23CCC(CN(c4cc(-c5cnn(C(C)(C)C)c5)ccn4)C(=O)[C@H]4CC[C@@H](OC(=O)N5CC(O)C5)CC4)(CC2)CC3)cc1C. The number of nitrogens with zero attached hydrogens (tertiary/aromatic N) is 5. The van der Waals surface area contributed by atoms with Crippen LogP contribution >= 0.6 is 0 Å². The summed E-state index contributed by atoms with van der Waals surface area (Å²) in [5.41, 5.74) is 4.69. The van der Waals surface area contributed by atoms with Crippen LogP contribution in [0.5, 0.6) is 5.75 Å². The Balaban J connectivity index is 1.10. The van der Waals surface area contributed by atoms with Crippen molar-refractivity contribution in [3.63, 3.8) is 0 Å². The second kappa shape index (κ2) is 13.3. The molecule has 2 aromatic heterocycles. The minimum Gasteiger partial charge on any atom is -0.496 e. The highest BCUT2D eigenvalue weighted by molar-refractivity contribution is 5.95. The fourth-order valence-corrected chi connectivity index (χ4v) is 8.80. The second-order valence-corrected chi connectivity index (χ2v) is 16.6. The molecule has 5 fully saturated rings. The zero-order valence-electron chi connectivity index (χ0n) is 30.4. The minimum atomic E-state index is -0.459. The summed E-state index contributed by atoms with van der Waals surface area (Å²) < 4.78 is 13.3. The molecule has 0 unspecified atom stereocenters. The van der Waals surface area contributed by atoms with Gasteiger partial charge in [0.1, 0.15) is 17.7 Å². The van der Waals surface area contributed by atoms with Crippen molar-refractivity contribution in [1.29, 1.82) is 0 Å². The summed E-state index contributed by atoms with van der Waals surface area (Å²) in [4.78, 5) is 35.5. The first-order chi connectivity index (χ1) is 23.9. The van der Waals surface area contributed by atoms with Crippen LogP contribution in [0, 0.1) is 18.3 Å². The molecule has 5 aliphatic rings. The zero-order chi connectivity index (χ0) is 35.3. The molecule has 1 aliphatic heterocycles. The Kier molecular flexibility index (Phi) is 9.20. The van der Waals surface area contributed by atoms with Crippen molar-refractivity contribution < 1.29 is 24.2 Å². The van der Waals surface area contributed by atoms with Crippen molar-refractivity contribution in [3.05, 3.63) is 60.0 Å². The Morgan fingerprint density at radius 1 is 0.980 bits per heavy atom. The highest BCUT2D eigenvalue weighted by atomic mass is 16.6. The number of fused-ring (bicyclic) bond motifs is 3. The van der Waals surface area contributed by atoms with E-state index in [1.54, 1.807) is 7.11 Å². The summed E-state index contributed by atoms with van der Waals surface area (Å²) in [7, 11) is 1.73. The number of hydrogen-bond acceptors (Lipinski definition) is 7. The van der Waals surface area contributed by atoms with Gasteiger partial charge in [-0.1, -0.05) is 12.1 Å². The Hall–Kier alpha value is -3.92. The molecule has 0 atom stereocenters. The minimum absolute atomic E-state index is 0.0439. The van der Waals surface area contributed by atoms with E-state index in [-0.39, 0.29) is 40.4 Å². The summed E-state index contributed by atoms with van der Waals surface area (Å²) in [6, 6.07) is 10.8. The molecule has 1 saturated heterocycles. The van der Waals surface area contributed by atoms with Gasteiger partial charge in [-0.15, -0.1) is 0 Å². The van der Waals surface area contributed by atoms with Gasteiger partial charge in [0.15, 0.2) is 0 Å². The van der Waals surface area contributed by atoms with Crippen molar-refractivity contribution in [2.24, 2.45) is 11.3 Å². The van der Waals surface area contributed by atoms with E-state index in [0.29, 0.717) is 51.1 Å². The van der Waals surface area contributed by atoms with Gasteiger partial charge in [0.05, 0.1) is 38.0 Å². The molecule has 3 aromatic rings. The molecule has 0 spiro atoms. The van der Waals surface area contributed by atoms with Gasteiger partial charge in [-0.3, -0.25) is 14.4 Å². The van der Waals surface area contributed by atoms with E-state index in [1.165, 1.54) is 16.0 Å². The predicted molar refractivity (Wildman–Crippen MR) is 192 cm³/mol. The third-order valence-corrected chi connectivity index (χ3v) is 12.2. The maximum atomic E-state index is 14.7. The van der Waals surface area contributed by atoms with E-state index in [9.17, 15) is 14.7 Å². The molecule has 0 radical (unpaired) electrons. The number of ether oxygens (including phenoxy) is 2. The number of carbonyl (C=O) groups excluding carboxylic acids is 2. The van der Waals surface area contributed by atoms with E-state index in [2.05, 4.69) is 63.3 Å². The number of aliphatic hydroxyl groups excluding tert-OH is 1. The summed E-state index contributed by atoms with van der Waals surface area (Å²) in [5, 5.41) is 14.2. The molecule has 10 heteroatoms. The van der Waals surface area contributed by atoms with Gasteiger partial charge in [0.25, 0.3) is 0 Å². The number of amides is 2. The Bertz CT molecular complexity index is 1690. The maximum absolute atomic E-state index is 14.7. The number of rotatable bonds is 8. The number of carbonyl (C=O) groups is 2. The van der Waals surface area contributed by atoms with Crippen LogP contribution in [-0.4, -0.2) is 75.7 Å². The topological polar surface area (TPSA) is 110 Å². The molecule has 1 aromatic carbocycles. The van der Waals surface area contributed by atoms with E-state index >= 15 is 0 Å². The lowest BCUT2D eigenvalue weighted by Crippen LogP contribution is -2.54. The van der Waals surface area contributed by atoms with Crippen LogP contribution in [0.1, 0.15) is 96.1 Å². The van der Waals surface area contributed by atoms with E-state index in [1.807, 2.05) is 28.0 Å². The number of hydrogen-bond donors (Lipinski definition) is 1. The number of benzene rings is 1. The normalized spacial score (nSPS) is 26.7. The molecule has 1 N–H and O–H groups in total. The average molecular weight is 684 g/mol. The summed E-state index contributed by atoms with van der Waals surface area (Å²) in [5.74, 6) is 1.60. The van der Waals surface area contributed by atoms with Crippen LogP contribution in [0.2, 0.25) is 0 Å². The zero-order valence-corrected chi connectivity index (χ0v) is 30.4. The quantitative estimate of drug-likeness (QED) is 0.272. The highest BCUT2D eigenvalue weighted by Crippen LogP contribution is 2.58. The first kappa shape index (κ1) is 34.5. The number of aliphatic hydroxyl groups is 1. The van der Waals surface area contributed by atoms with Crippen LogP contribution in [0.15, 0.2) is 48.9 Å². The molecule has 268 valence electrons. The molecule has 8 rings (SSSR count). The molecule has 2 bridgehead atoms. The van der Waals surface area contributed by atoms with Crippen LogP contribution < -0.4 is 9.64 Å². The number of pyridine rings is 1. The Labute approximate surface area is 296 Å². The lowest BCUT2D eigenvalue weighted by atomic mass is 9.51. The third kappa shape index (κ3) is 6.75. The number of aromatic nitrogens is 3. The summed E-state index contributed by atoms with van der Waals surface area (Å²) in [6.07, 6.45) is 14.0. The Morgan fingerprint density at radius 3 is 2.28 bits per heavy atom. The number of β-amino-alcohol motifs (C(OH)–C–C–N with tert-alkyl or cyclic N) is 1. The molecule has 50 heavy (non-hydrogen) atoms. The van der Waals surface area contributed by atoms with E-state index in [4.69, 9.17) is 14.5 Å². The first-order valence-electron chi connectivity index (χ1n) is 18.5. The van der Waals surface area contributed by atoms with Gasteiger partial charge < -0.3 is 19.5 Å². The number of anilines is 1. The van der Waals surface area contributed by atoms with Crippen LogP contribution in [0.3, 0.4) is 0 Å². The van der Waals surface area contributed by atoms with Crippen LogP contribution in [0.25, 0.3) is 11.1 Å². The molecule has 4 aliphatic carbocycles. The van der Waals surface area contributed by atoms with Gasteiger partial charge in [-0.05, 0) is 138 Å². The van der Waals surface area contributed by atoms with E-state index in [0.717, 1.165) is 55.4 Å². The van der Waals surface area contributed by atoms with Crippen LogP contribution in [-0.2, 0) is 20.5 Å². The summed E-state index contributed by atoms with van der Waals surface area (Å²) in [6.45, 7) is 9.83. The molecular weight excluding hydrogens is 630 g/mol. The second-order valence-electron chi connectivity index (χ2n) is 16.6. The lowest BCUT2D eigenvalue weighted by molar-refractivity contribution is -0.124. The van der Waals surface area contributed by atoms with Crippen molar-refractivity contribution in [2.45, 2.75) is 115 Å². The third-order valence-electron chi connectivity index (χ3n) is 12.2. The van der Waals surface area contributed by atoms with Crippen molar-refractivity contribution in [2.75, 3.05) is 31.6 Å². The molecule has 10 nitrogen and oxygen atoms in total. The van der Waals surface area contributed by atoms with E-state index < -0.39 is 6.10 Å². The maximum Gasteiger partial charge on any atom is 0.410 e. The largest absolute Gasteiger partial charge is 0.496 e. The Morgan fingerprint density at radius 2 is 1.68 bits per heavy atom. The van der Waals surface area contributed by atoms with Gasteiger partial charge in [-0.2, -0.15) is 5.10 Å². The number of methoxy groups -OCH3 is 1. The highest BCUT2D eigenvalue weighted by Gasteiger charge is 2.51. The van der Waals surface area contributed by atoms with Crippen molar-refractivity contribution in [1.82, 2.24) is 19.7 Å². The summed E-state index contributed by atoms with van der Waals surface area (Å²) >= 11 is 0. The monoisotopic (exact) mass is 683 g/mol. The molecular formula is C40H53N5O5. The van der Waals surface area contributed by atoms with Crippen molar-refractivity contribution in [3.8, 4) is 16.9 Å². The molecule has 2 amide bonds. The number of aryl methyl sites for hydroxylation is 1. The van der Waals surface area contributed by atoms with Gasteiger partial charge in [-0.25, -0.2) is 9.78 Å². The van der Waals surface area contributed by atoms with Gasteiger partial charge in [0, 0.05) is 30.4 Å². The van der Waals surface area contributed by atoms with Crippen molar-refractivity contribution >= 4 is 17.8 Å². The average Bonchev–Trinajstić information content (AvgIpc) is 3.62. The standard InChI is InChI=1S/C40H53N5O5/c1-27-20-31(8-11-34(27)49-5)40-16-13-39(14-17-40,15-18-40)26-44(35-21-29(12-19-41-35)30-22-42-45(23-30)38(2,3)4)36(47)28-6-9-33(10-7-28)50-37(48)43-24-32(46)25-43/h8,11-12,19-23,28,32-33,46H,6-7,9-10,13-18,24-26H2,1-5H3/t28-,33+,39?,40?. The molecule has 4 saturated carbocycles. The fourth-order valence-electron chi connectivity index (χ4n) is 8.80. The molecule has 3 heterocycles. The first-order valence-corrected chi connectivity index (χ1v) is 18.5. The van der Waals surface area contributed by atoms with Crippen LogP contribution in [0.4, 0.5) is 10.6 Å². The lowest BCUT2D eigenvalue weighted by Gasteiger charge is -2.55. The smallest absolute Gasteiger partial charge is 0.410 e. The van der Waals surface area contributed by atoms with Gasteiger partial charge in [0.2, 0.25) is 5.91 Å².